The van der Waals surface area contributed by atoms with Crippen molar-refractivity contribution in [3.05, 3.63) is 58.6 Å². The molecule has 98 valence electrons. The number of nitrogens with zero attached hydrogens (tertiary/aromatic N) is 1. The predicted molar refractivity (Wildman–Crippen MR) is 71.0 cm³/mol. The van der Waals surface area contributed by atoms with E-state index in [1.807, 2.05) is 24.3 Å². The molecule has 0 bridgehead atoms. The summed E-state index contributed by atoms with van der Waals surface area (Å²) in [6, 6.07) is 13.9. The fourth-order valence-corrected chi connectivity index (χ4v) is 1.65. The Labute approximate surface area is 110 Å². The summed E-state index contributed by atoms with van der Waals surface area (Å²) in [7, 11) is 1.56. The van der Waals surface area contributed by atoms with Gasteiger partial charge in [-0.2, -0.15) is 0 Å². The molecule has 0 aliphatic rings. The maximum absolute atomic E-state index is 10.6. The van der Waals surface area contributed by atoms with E-state index in [2.05, 4.69) is 0 Å². The molecule has 0 radical (unpaired) electrons. The monoisotopic (exact) mass is 259 g/mol. The van der Waals surface area contributed by atoms with Crippen LogP contribution in [0.5, 0.6) is 5.75 Å². The van der Waals surface area contributed by atoms with Crippen molar-refractivity contribution in [2.24, 2.45) is 0 Å². The van der Waals surface area contributed by atoms with Crippen LogP contribution in [0.4, 0.5) is 5.69 Å². The molecule has 0 aliphatic carbocycles. The summed E-state index contributed by atoms with van der Waals surface area (Å²) in [5.74, 6) is 0.715. The van der Waals surface area contributed by atoms with Gasteiger partial charge in [-0.05, 0) is 35.4 Å². The zero-order chi connectivity index (χ0) is 13.7. The minimum Gasteiger partial charge on any atom is -0.468 e. The molecule has 0 amide bonds. The van der Waals surface area contributed by atoms with Crippen LogP contribution in [0.2, 0.25) is 0 Å². The largest absolute Gasteiger partial charge is 0.468 e. The van der Waals surface area contributed by atoms with Gasteiger partial charge in [0.15, 0.2) is 6.79 Å². The van der Waals surface area contributed by atoms with Gasteiger partial charge in [0.1, 0.15) is 5.75 Å². The van der Waals surface area contributed by atoms with Crippen LogP contribution in [0.1, 0.15) is 0 Å². The summed E-state index contributed by atoms with van der Waals surface area (Å²) >= 11 is 0. The first kappa shape index (κ1) is 13.0. The average molecular weight is 259 g/mol. The molecule has 2 aromatic carbocycles. The van der Waals surface area contributed by atoms with E-state index in [1.165, 1.54) is 12.1 Å². The van der Waals surface area contributed by atoms with Crippen LogP contribution in [-0.2, 0) is 4.74 Å². The fourth-order valence-electron chi connectivity index (χ4n) is 1.65. The highest BCUT2D eigenvalue weighted by atomic mass is 16.7. The first-order valence-electron chi connectivity index (χ1n) is 5.67. The van der Waals surface area contributed by atoms with E-state index < -0.39 is 4.92 Å². The van der Waals surface area contributed by atoms with Crippen LogP contribution in [0.15, 0.2) is 48.5 Å². The van der Waals surface area contributed by atoms with Gasteiger partial charge in [-0.15, -0.1) is 0 Å². The number of hydrogen-bond donors (Lipinski definition) is 0. The molecule has 0 fully saturated rings. The zero-order valence-corrected chi connectivity index (χ0v) is 10.4. The van der Waals surface area contributed by atoms with Gasteiger partial charge >= 0.3 is 0 Å². The number of methoxy groups -OCH3 is 1. The van der Waals surface area contributed by atoms with E-state index in [1.54, 1.807) is 19.2 Å². The summed E-state index contributed by atoms with van der Waals surface area (Å²) < 4.78 is 10.1. The molecule has 0 heterocycles. The Hall–Kier alpha value is -2.40. The van der Waals surface area contributed by atoms with Gasteiger partial charge in [0, 0.05) is 19.2 Å². The third-order valence-electron chi connectivity index (χ3n) is 2.61. The topological polar surface area (TPSA) is 61.6 Å². The highest BCUT2D eigenvalue weighted by Gasteiger charge is 2.05. The van der Waals surface area contributed by atoms with Crippen LogP contribution < -0.4 is 4.74 Å². The minimum absolute atomic E-state index is 0.0869. The molecule has 0 N–H and O–H groups in total. The molecular weight excluding hydrogens is 246 g/mol. The van der Waals surface area contributed by atoms with Crippen molar-refractivity contribution >= 4 is 5.69 Å². The molecule has 5 heteroatoms. The fraction of sp³-hybridized carbons (Fsp3) is 0.143. The predicted octanol–water partition coefficient (Wildman–Crippen LogP) is 3.24. The summed E-state index contributed by atoms with van der Waals surface area (Å²) in [5.41, 5.74) is 1.98. The smallest absolute Gasteiger partial charge is 0.269 e. The quantitative estimate of drug-likeness (QED) is 0.470. The molecule has 0 aromatic heterocycles. The van der Waals surface area contributed by atoms with E-state index >= 15 is 0 Å². The van der Waals surface area contributed by atoms with Gasteiger partial charge in [-0.3, -0.25) is 10.1 Å². The lowest BCUT2D eigenvalue weighted by molar-refractivity contribution is -0.384. The van der Waals surface area contributed by atoms with Gasteiger partial charge in [0.25, 0.3) is 5.69 Å². The maximum atomic E-state index is 10.6. The number of hydrogen-bond acceptors (Lipinski definition) is 4. The maximum Gasteiger partial charge on any atom is 0.269 e. The van der Waals surface area contributed by atoms with E-state index in [4.69, 9.17) is 9.47 Å². The van der Waals surface area contributed by atoms with Crippen molar-refractivity contribution in [3.8, 4) is 16.9 Å². The number of nitro benzene ring substituents is 1. The lowest BCUT2D eigenvalue weighted by atomic mass is 10.1. The van der Waals surface area contributed by atoms with Gasteiger partial charge in [0.05, 0.1) is 4.92 Å². The van der Waals surface area contributed by atoms with Crippen LogP contribution >= 0.6 is 0 Å². The van der Waals surface area contributed by atoms with Crippen LogP contribution in [0.25, 0.3) is 11.1 Å². The number of non-ortho nitro benzene ring substituents is 1. The highest BCUT2D eigenvalue weighted by molar-refractivity contribution is 5.65. The molecule has 0 atom stereocenters. The summed E-state index contributed by atoms with van der Waals surface area (Å²) in [5, 5.41) is 10.6. The highest BCUT2D eigenvalue weighted by Crippen LogP contribution is 2.24. The third kappa shape index (κ3) is 3.29. The van der Waals surface area contributed by atoms with Crippen molar-refractivity contribution in [3.63, 3.8) is 0 Å². The Morgan fingerprint density at radius 2 is 1.53 bits per heavy atom. The molecule has 0 saturated heterocycles. The standard InChI is InChI=1S/C14H13NO4/c1-18-10-19-14-8-4-12(5-9-14)11-2-6-13(7-3-11)15(16)17/h2-9H,10H2,1H3. The van der Waals surface area contributed by atoms with E-state index in [0.29, 0.717) is 5.75 Å². The summed E-state index contributed by atoms with van der Waals surface area (Å²) in [4.78, 5) is 10.2. The molecule has 0 spiro atoms. The van der Waals surface area contributed by atoms with Crippen LogP contribution in [0, 0.1) is 10.1 Å². The van der Waals surface area contributed by atoms with Gasteiger partial charge in [-0.25, -0.2) is 0 Å². The Morgan fingerprint density at radius 1 is 1.00 bits per heavy atom. The first-order valence-corrected chi connectivity index (χ1v) is 5.67. The van der Waals surface area contributed by atoms with E-state index in [-0.39, 0.29) is 12.5 Å². The molecule has 2 aromatic rings. The third-order valence-corrected chi connectivity index (χ3v) is 2.61. The van der Waals surface area contributed by atoms with E-state index in [9.17, 15) is 10.1 Å². The summed E-state index contributed by atoms with van der Waals surface area (Å²) in [6.45, 7) is 0.205. The number of nitro groups is 1. The SMILES string of the molecule is COCOc1ccc(-c2ccc([N+](=O)[O-])cc2)cc1. The number of rotatable bonds is 5. The lowest BCUT2D eigenvalue weighted by Crippen LogP contribution is -1.98. The van der Waals surface area contributed by atoms with Crippen LogP contribution in [-0.4, -0.2) is 18.8 Å². The van der Waals surface area contributed by atoms with Crippen molar-refractivity contribution < 1.29 is 14.4 Å². The molecule has 19 heavy (non-hydrogen) atoms. The Morgan fingerprint density at radius 3 is 2.00 bits per heavy atom. The molecule has 2 rings (SSSR count). The second-order valence-electron chi connectivity index (χ2n) is 3.88. The van der Waals surface area contributed by atoms with Crippen LogP contribution in [0.3, 0.4) is 0 Å². The second kappa shape index (κ2) is 5.97. The second-order valence-corrected chi connectivity index (χ2v) is 3.88. The zero-order valence-electron chi connectivity index (χ0n) is 10.4. The van der Waals surface area contributed by atoms with Crippen molar-refractivity contribution in [2.75, 3.05) is 13.9 Å². The molecule has 0 saturated carbocycles. The van der Waals surface area contributed by atoms with Gasteiger partial charge < -0.3 is 9.47 Å². The minimum atomic E-state index is -0.411. The Kier molecular flexibility index (Phi) is 4.10. The number of ether oxygens (including phenoxy) is 2. The van der Waals surface area contributed by atoms with Crippen molar-refractivity contribution in [2.45, 2.75) is 0 Å². The molecule has 0 unspecified atom stereocenters. The first-order chi connectivity index (χ1) is 9.20. The van der Waals surface area contributed by atoms with Gasteiger partial charge in [-0.1, -0.05) is 12.1 Å². The average Bonchev–Trinajstić information content (AvgIpc) is 2.46. The Balaban J connectivity index is 2.15. The molecule has 5 nitrogen and oxygen atoms in total. The normalized spacial score (nSPS) is 10.2. The molecular formula is C14H13NO4. The van der Waals surface area contributed by atoms with Gasteiger partial charge in [0.2, 0.25) is 0 Å². The van der Waals surface area contributed by atoms with Crippen molar-refractivity contribution in [1.29, 1.82) is 0 Å². The molecule has 0 aliphatic heterocycles. The summed E-state index contributed by atoms with van der Waals surface area (Å²) in [6.07, 6.45) is 0. The number of benzene rings is 2. The van der Waals surface area contributed by atoms with E-state index in [0.717, 1.165) is 11.1 Å². The lowest BCUT2D eigenvalue weighted by Gasteiger charge is -2.06. The Bertz CT molecular complexity index is 549. The van der Waals surface area contributed by atoms with Crippen molar-refractivity contribution in [1.82, 2.24) is 0 Å².